The number of rotatable bonds is 6. The third kappa shape index (κ3) is 8.14. The maximum atomic E-state index is 12.4. The highest BCUT2D eigenvalue weighted by molar-refractivity contribution is 5.92. The van der Waals surface area contributed by atoms with Crippen LogP contribution in [0.5, 0.6) is 5.75 Å². The number of benzene rings is 1. The van der Waals surface area contributed by atoms with E-state index >= 15 is 0 Å². The molecule has 0 bridgehead atoms. The zero-order valence-corrected chi connectivity index (χ0v) is 18.1. The number of hydrogen-bond donors (Lipinski definition) is 2. The van der Waals surface area contributed by atoms with Crippen molar-refractivity contribution in [3.05, 3.63) is 35.9 Å². The second-order valence-corrected chi connectivity index (χ2v) is 8.13. The summed E-state index contributed by atoms with van der Waals surface area (Å²) < 4.78 is 10.3. The fourth-order valence-electron chi connectivity index (χ4n) is 3.01. The smallest absolute Gasteiger partial charge is 0.408 e. The van der Waals surface area contributed by atoms with Gasteiger partial charge in [-0.3, -0.25) is 9.59 Å². The predicted octanol–water partition coefficient (Wildman–Crippen LogP) is 2.34. The fourth-order valence-corrected chi connectivity index (χ4v) is 3.01. The number of ether oxygens (including phenoxy) is 2. The van der Waals surface area contributed by atoms with Gasteiger partial charge in [0.05, 0.1) is 7.11 Å². The van der Waals surface area contributed by atoms with E-state index in [4.69, 9.17) is 9.47 Å². The Morgan fingerprint density at radius 2 is 1.90 bits per heavy atom. The molecule has 8 heteroatoms. The van der Waals surface area contributed by atoms with Gasteiger partial charge in [-0.15, -0.1) is 0 Å². The second-order valence-electron chi connectivity index (χ2n) is 8.13. The third-order valence-electron chi connectivity index (χ3n) is 4.48. The van der Waals surface area contributed by atoms with Gasteiger partial charge >= 0.3 is 6.09 Å². The van der Waals surface area contributed by atoms with Crippen LogP contribution in [0.2, 0.25) is 0 Å². The molecule has 1 fully saturated rings. The van der Waals surface area contributed by atoms with E-state index in [0.717, 1.165) is 11.3 Å². The van der Waals surface area contributed by atoms with Crippen LogP contribution in [0.15, 0.2) is 30.3 Å². The first-order valence-corrected chi connectivity index (χ1v) is 10.0. The van der Waals surface area contributed by atoms with Gasteiger partial charge in [-0.25, -0.2) is 4.79 Å². The molecule has 0 unspecified atom stereocenters. The minimum absolute atomic E-state index is 0.0237. The molecule has 0 aliphatic carbocycles. The highest BCUT2D eigenvalue weighted by Crippen LogP contribution is 2.15. The van der Waals surface area contributed by atoms with E-state index in [1.54, 1.807) is 44.9 Å². The van der Waals surface area contributed by atoms with Crippen LogP contribution in [0.25, 0.3) is 6.08 Å². The standard InChI is InChI=1S/C22H31N3O5/c1-22(2,3)30-21(28)23-15-19(26)24-17-10-12-25(13-11-17)20(27)9-8-16-6-5-7-18(14-16)29-4/h5-9,14,17H,10-13,15H2,1-4H3,(H,23,28)(H,24,26)/b9-8+. The van der Waals surface area contributed by atoms with Crippen molar-refractivity contribution in [1.29, 1.82) is 0 Å². The van der Waals surface area contributed by atoms with E-state index in [2.05, 4.69) is 10.6 Å². The minimum Gasteiger partial charge on any atom is -0.497 e. The lowest BCUT2D eigenvalue weighted by Gasteiger charge is -2.31. The van der Waals surface area contributed by atoms with Gasteiger partial charge in [0.1, 0.15) is 17.9 Å². The van der Waals surface area contributed by atoms with Gasteiger partial charge in [0.2, 0.25) is 11.8 Å². The molecule has 0 atom stereocenters. The molecule has 164 valence electrons. The third-order valence-corrected chi connectivity index (χ3v) is 4.48. The fraction of sp³-hybridized carbons (Fsp3) is 0.500. The van der Waals surface area contributed by atoms with Gasteiger partial charge in [0.25, 0.3) is 0 Å². The number of amides is 3. The van der Waals surface area contributed by atoms with Crippen molar-refractivity contribution in [2.45, 2.75) is 45.3 Å². The number of methoxy groups -OCH3 is 1. The number of carbonyl (C=O) groups excluding carboxylic acids is 3. The lowest BCUT2D eigenvalue weighted by Crippen LogP contribution is -2.48. The summed E-state index contributed by atoms with van der Waals surface area (Å²) in [7, 11) is 1.60. The zero-order chi connectivity index (χ0) is 22.1. The first kappa shape index (κ1) is 23.3. The summed E-state index contributed by atoms with van der Waals surface area (Å²) in [5.41, 5.74) is 0.281. The van der Waals surface area contributed by atoms with Crippen molar-refractivity contribution in [2.75, 3.05) is 26.7 Å². The molecule has 8 nitrogen and oxygen atoms in total. The zero-order valence-electron chi connectivity index (χ0n) is 18.1. The summed E-state index contributed by atoms with van der Waals surface area (Å²) >= 11 is 0. The Hall–Kier alpha value is -3.03. The molecule has 1 saturated heterocycles. The number of alkyl carbamates (subject to hydrolysis) is 1. The quantitative estimate of drug-likeness (QED) is 0.693. The molecule has 1 aliphatic heterocycles. The predicted molar refractivity (Wildman–Crippen MR) is 114 cm³/mol. The first-order valence-electron chi connectivity index (χ1n) is 10.0. The van der Waals surface area contributed by atoms with Crippen LogP contribution >= 0.6 is 0 Å². The topological polar surface area (TPSA) is 97.0 Å². The van der Waals surface area contributed by atoms with Gasteiger partial charge in [0.15, 0.2) is 0 Å². The van der Waals surface area contributed by atoms with Crippen LogP contribution in [0.4, 0.5) is 4.79 Å². The summed E-state index contributed by atoms with van der Waals surface area (Å²) in [6, 6.07) is 7.45. The number of hydrogen-bond acceptors (Lipinski definition) is 5. The average molecular weight is 418 g/mol. The van der Waals surface area contributed by atoms with E-state index in [1.807, 2.05) is 24.3 Å². The van der Waals surface area contributed by atoms with Crippen molar-refractivity contribution < 1.29 is 23.9 Å². The summed E-state index contributed by atoms with van der Waals surface area (Å²) in [6.07, 6.45) is 4.02. The van der Waals surface area contributed by atoms with E-state index < -0.39 is 11.7 Å². The van der Waals surface area contributed by atoms with E-state index in [-0.39, 0.29) is 24.4 Å². The Morgan fingerprint density at radius 3 is 2.53 bits per heavy atom. The van der Waals surface area contributed by atoms with E-state index in [9.17, 15) is 14.4 Å². The number of carbonyl (C=O) groups is 3. The van der Waals surface area contributed by atoms with Gasteiger partial charge in [-0.1, -0.05) is 12.1 Å². The Kier molecular flexibility index (Phi) is 8.26. The molecule has 1 heterocycles. The van der Waals surface area contributed by atoms with Gasteiger partial charge < -0.3 is 25.0 Å². The molecule has 1 aliphatic rings. The molecule has 1 aromatic carbocycles. The van der Waals surface area contributed by atoms with E-state index in [1.165, 1.54) is 0 Å². The summed E-state index contributed by atoms with van der Waals surface area (Å²) in [6.45, 7) is 6.25. The van der Waals surface area contributed by atoms with Crippen LogP contribution < -0.4 is 15.4 Å². The average Bonchev–Trinajstić information content (AvgIpc) is 2.70. The second kappa shape index (κ2) is 10.7. The summed E-state index contributed by atoms with van der Waals surface area (Å²) in [5, 5.41) is 5.33. The van der Waals surface area contributed by atoms with Crippen LogP contribution in [0.1, 0.15) is 39.2 Å². The molecule has 30 heavy (non-hydrogen) atoms. The Labute approximate surface area is 177 Å². The molecule has 2 N–H and O–H groups in total. The molecular formula is C22H31N3O5. The highest BCUT2D eigenvalue weighted by Gasteiger charge is 2.23. The van der Waals surface area contributed by atoms with E-state index in [0.29, 0.717) is 25.9 Å². The van der Waals surface area contributed by atoms with Gasteiger partial charge in [-0.2, -0.15) is 0 Å². The van der Waals surface area contributed by atoms with Crippen molar-refractivity contribution in [2.24, 2.45) is 0 Å². The van der Waals surface area contributed by atoms with Gasteiger partial charge in [-0.05, 0) is 57.4 Å². The molecule has 1 aromatic rings. The normalized spacial score (nSPS) is 15.0. The lowest BCUT2D eigenvalue weighted by molar-refractivity contribution is -0.127. The summed E-state index contributed by atoms with van der Waals surface area (Å²) in [4.78, 5) is 37.8. The molecular weight excluding hydrogens is 386 g/mol. The van der Waals surface area contributed by atoms with Crippen molar-refractivity contribution in [3.8, 4) is 5.75 Å². The lowest BCUT2D eigenvalue weighted by atomic mass is 10.0. The maximum absolute atomic E-state index is 12.4. The first-order chi connectivity index (χ1) is 14.2. The molecule has 0 spiro atoms. The molecule has 0 saturated carbocycles. The Balaban J connectivity index is 1.72. The number of nitrogens with zero attached hydrogens (tertiary/aromatic N) is 1. The highest BCUT2D eigenvalue weighted by atomic mass is 16.6. The number of piperidine rings is 1. The van der Waals surface area contributed by atoms with Crippen LogP contribution in [-0.2, 0) is 14.3 Å². The van der Waals surface area contributed by atoms with Gasteiger partial charge in [0, 0.05) is 25.2 Å². The van der Waals surface area contributed by atoms with Crippen molar-refractivity contribution in [1.82, 2.24) is 15.5 Å². The maximum Gasteiger partial charge on any atom is 0.408 e. The molecule has 0 radical (unpaired) electrons. The van der Waals surface area contributed by atoms with Crippen molar-refractivity contribution >= 4 is 24.0 Å². The number of nitrogens with one attached hydrogen (secondary N) is 2. The molecule has 0 aromatic heterocycles. The monoisotopic (exact) mass is 417 g/mol. The minimum atomic E-state index is -0.624. The molecule has 2 rings (SSSR count). The Morgan fingerprint density at radius 1 is 1.20 bits per heavy atom. The SMILES string of the molecule is COc1cccc(/C=C/C(=O)N2CCC(NC(=O)CNC(=O)OC(C)(C)C)CC2)c1. The Bertz CT molecular complexity index is 777. The molecule has 3 amide bonds. The van der Waals surface area contributed by atoms with Crippen LogP contribution in [-0.4, -0.2) is 61.2 Å². The summed E-state index contributed by atoms with van der Waals surface area (Å²) in [5.74, 6) is 0.403. The number of likely N-dealkylation sites (tertiary alicyclic amines) is 1. The van der Waals surface area contributed by atoms with Crippen LogP contribution in [0, 0.1) is 0 Å². The van der Waals surface area contributed by atoms with Crippen molar-refractivity contribution in [3.63, 3.8) is 0 Å². The largest absolute Gasteiger partial charge is 0.497 e. The van der Waals surface area contributed by atoms with Crippen LogP contribution in [0.3, 0.4) is 0 Å².